The van der Waals surface area contributed by atoms with Gasteiger partial charge in [0, 0.05) is 12.1 Å². The molecule has 0 radical (unpaired) electrons. The molecule has 0 saturated heterocycles. The molecule has 2 aromatic rings. The summed E-state index contributed by atoms with van der Waals surface area (Å²) in [6.45, 7) is 3.44. The smallest absolute Gasteiger partial charge is 0.306 e. The fraction of sp³-hybridized carbons (Fsp3) is 0.286. The van der Waals surface area contributed by atoms with E-state index in [1.54, 1.807) is 12.1 Å². The summed E-state index contributed by atoms with van der Waals surface area (Å²) in [5, 5.41) is 5.47. The van der Waals surface area contributed by atoms with Crippen LogP contribution in [-0.4, -0.2) is 24.4 Å². The van der Waals surface area contributed by atoms with Gasteiger partial charge in [0.15, 0.2) is 6.61 Å². The first-order valence-corrected chi connectivity index (χ1v) is 8.80. The molecule has 2 N–H and O–H groups in total. The van der Waals surface area contributed by atoms with Crippen molar-refractivity contribution in [2.75, 3.05) is 11.9 Å². The van der Waals surface area contributed by atoms with E-state index in [2.05, 4.69) is 10.6 Å². The van der Waals surface area contributed by atoms with Gasteiger partial charge in [-0.05, 0) is 31.5 Å². The van der Waals surface area contributed by atoms with Gasteiger partial charge in [0.25, 0.3) is 5.91 Å². The highest BCUT2D eigenvalue weighted by molar-refractivity contribution is 5.92. The third kappa shape index (κ3) is 7.32. The Hall–Kier alpha value is -3.15. The number of hydrogen-bond donors (Lipinski definition) is 2. The van der Waals surface area contributed by atoms with E-state index in [4.69, 9.17) is 4.74 Å². The number of esters is 1. The molecule has 6 nitrogen and oxygen atoms in total. The Bertz CT molecular complexity index is 773. The standard InChI is InChI=1S/C21H24N2O4/c1-15-8-10-18(11-9-15)23-19(24)12-13-21(26)27-14-20(25)22-16(2)17-6-4-3-5-7-17/h3-11,16H,12-14H2,1-2H3,(H,22,25)(H,23,24)/t16-/m1/s1. The fourth-order valence-corrected chi connectivity index (χ4v) is 2.40. The van der Waals surface area contributed by atoms with Crippen molar-refractivity contribution in [1.82, 2.24) is 5.32 Å². The van der Waals surface area contributed by atoms with Gasteiger partial charge in [-0.1, -0.05) is 48.0 Å². The third-order valence-electron chi connectivity index (χ3n) is 3.93. The van der Waals surface area contributed by atoms with Gasteiger partial charge in [0.05, 0.1) is 12.5 Å². The van der Waals surface area contributed by atoms with Crippen molar-refractivity contribution < 1.29 is 19.1 Å². The van der Waals surface area contributed by atoms with Crippen LogP contribution in [-0.2, 0) is 19.1 Å². The minimum absolute atomic E-state index is 0.00521. The predicted octanol–water partition coefficient (Wildman–Crippen LogP) is 3.13. The van der Waals surface area contributed by atoms with E-state index >= 15 is 0 Å². The summed E-state index contributed by atoms with van der Waals surface area (Å²) in [6.07, 6.45) is -0.0893. The van der Waals surface area contributed by atoms with Crippen LogP contribution in [0.15, 0.2) is 54.6 Å². The van der Waals surface area contributed by atoms with Gasteiger partial charge in [-0.3, -0.25) is 14.4 Å². The molecule has 0 aromatic heterocycles. The van der Waals surface area contributed by atoms with E-state index in [0.29, 0.717) is 5.69 Å². The summed E-state index contributed by atoms with van der Waals surface area (Å²) in [5.41, 5.74) is 2.73. The zero-order valence-electron chi connectivity index (χ0n) is 15.5. The van der Waals surface area contributed by atoms with E-state index in [1.807, 2.05) is 56.3 Å². The summed E-state index contributed by atoms with van der Waals surface area (Å²) in [4.78, 5) is 35.4. The van der Waals surface area contributed by atoms with Crippen molar-refractivity contribution in [3.05, 3.63) is 65.7 Å². The lowest BCUT2D eigenvalue weighted by atomic mass is 10.1. The quantitative estimate of drug-likeness (QED) is 0.701. The second kappa shape index (κ2) is 10.1. The van der Waals surface area contributed by atoms with Gasteiger partial charge in [0.2, 0.25) is 5.91 Å². The van der Waals surface area contributed by atoms with Gasteiger partial charge >= 0.3 is 5.97 Å². The molecular weight excluding hydrogens is 344 g/mol. The van der Waals surface area contributed by atoms with Crippen LogP contribution in [0.3, 0.4) is 0 Å². The normalized spacial score (nSPS) is 11.3. The molecule has 0 bridgehead atoms. The maximum atomic E-state index is 11.9. The lowest BCUT2D eigenvalue weighted by Crippen LogP contribution is -2.31. The molecule has 0 saturated carbocycles. The molecule has 0 unspecified atom stereocenters. The van der Waals surface area contributed by atoms with E-state index in [0.717, 1.165) is 11.1 Å². The average Bonchev–Trinajstić information content (AvgIpc) is 2.67. The summed E-state index contributed by atoms with van der Waals surface area (Å²) >= 11 is 0. The molecule has 1 atom stereocenters. The summed E-state index contributed by atoms with van der Waals surface area (Å²) in [5.74, 6) is -1.25. The minimum Gasteiger partial charge on any atom is -0.456 e. The second-order valence-corrected chi connectivity index (χ2v) is 6.27. The van der Waals surface area contributed by atoms with Gasteiger partial charge in [-0.2, -0.15) is 0 Å². The first-order valence-electron chi connectivity index (χ1n) is 8.80. The Balaban J connectivity index is 1.65. The number of carbonyl (C=O) groups is 3. The first-order chi connectivity index (χ1) is 12.9. The molecule has 0 aliphatic rings. The summed E-state index contributed by atoms with van der Waals surface area (Å²) in [7, 11) is 0. The highest BCUT2D eigenvalue weighted by atomic mass is 16.5. The van der Waals surface area contributed by atoms with Crippen molar-refractivity contribution in [3.8, 4) is 0 Å². The van der Waals surface area contributed by atoms with Gasteiger partial charge < -0.3 is 15.4 Å². The SMILES string of the molecule is Cc1ccc(NC(=O)CCC(=O)OCC(=O)N[C@H](C)c2ccccc2)cc1. The van der Waals surface area contributed by atoms with Crippen molar-refractivity contribution in [1.29, 1.82) is 0 Å². The van der Waals surface area contributed by atoms with Crippen molar-refractivity contribution >= 4 is 23.5 Å². The number of ether oxygens (including phenoxy) is 1. The number of aryl methyl sites for hydroxylation is 1. The highest BCUT2D eigenvalue weighted by Gasteiger charge is 2.13. The van der Waals surface area contributed by atoms with E-state index in [1.165, 1.54) is 0 Å². The predicted molar refractivity (Wildman–Crippen MR) is 103 cm³/mol. The van der Waals surface area contributed by atoms with Crippen molar-refractivity contribution in [2.45, 2.75) is 32.7 Å². The molecule has 142 valence electrons. The van der Waals surface area contributed by atoms with Crippen LogP contribution in [0.25, 0.3) is 0 Å². The third-order valence-corrected chi connectivity index (χ3v) is 3.93. The molecule has 6 heteroatoms. The lowest BCUT2D eigenvalue weighted by molar-refractivity contribution is -0.149. The molecule has 0 aliphatic carbocycles. The van der Waals surface area contributed by atoms with E-state index < -0.39 is 5.97 Å². The highest BCUT2D eigenvalue weighted by Crippen LogP contribution is 2.11. The van der Waals surface area contributed by atoms with E-state index in [-0.39, 0.29) is 37.3 Å². The number of hydrogen-bond acceptors (Lipinski definition) is 4. The maximum absolute atomic E-state index is 11.9. The van der Waals surface area contributed by atoms with Crippen LogP contribution >= 0.6 is 0 Å². The van der Waals surface area contributed by atoms with Crippen LogP contribution < -0.4 is 10.6 Å². The molecule has 0 aliphatic heterocycles. The Morgan fingerprint density at radius 2 is 1.59 bits per heavy atom. The number of amides is 2. The Labute approximate surface area is 158 Å². The first kappa shape index (κ1) is 20.2. The Morgan fingerprint density at radius 3 is 2.26 bits per heavy atom. The molecule has 0 heterocycles. The lowest BCUT2D eigenvalue weighted by Gasteiger charge is -2.14. The van der Waals surface area contributed by atoms with Crippen LogP contribution in [0.4, 0.5) is 5.69 Å². The van der Waals surface area contributed by atoms with Crippen molar-refractivity contribution in [2.24, 2.45) is 0 Å². The summed E-state index contributed by atoms with van der Waals surface area (Å²) < 4.78 is 4.93. The van der Waals surface area contributed by atoms with Crippen LogP contribution in [0.1, 0.15) is 36.9 Å². The molecule has 0 fully saturated rings. The number of anilines is 1. The summed E-state index contributed by atoms with van der Waals surface area (Å²) in [6, 6.07) is 16.7. The molecule has 0 spiro atoms. The monoisotopic (exact) mass is 368 g/mol. The number of benzene rings is 2. The zero-order valence-corrected chi connectivity index (χ0v) is 15.5. The largest absolute Gasteiger partial charge is 0.456 e. The molecule has 2 amide bonds. The maximum Gasteiger partial charge on any atom is 0.306 e. The zero-order chi connectivity index (χ0) is 19.6. The molecular formula is C21H24N2O4. The average molecular weight is 368 g/mol. The minimum atomic E-state index is -0.587. The molecule has 2 rings (SSSR count). The van der Waals surface area contributed by atoms with E-state index in [9.17, 15) is 14.4 Å². The molecule has 27 heavy (non-hydrogen) atoms. The second-order valence-electron chi connectivity index (χ2n) is 6.27. The van der Waals surface area contributed by atoms with Gasteiger partial charge in [-0.25, -0.2) is 0 Å². The molecule has 2 aromatic carbocycles. The Kier molecular flexibility index (Phi) is 7.55. The topological polar surface area (TPSA) is 84.5 Å². The number of rotatable bonds is 8. The van der Waals surface area contributed by atoms with Crippen LogP contribution in [0.2, 0.25) is 0 Å². The van der Waals surface area contributed by atoms with Crippen LogP contribution in [0, 0.1) is 6.92 Å². The van der Waals surface area contributed by atoms with Gasteiger partial charge in [-0.15, -0.1) is 0 Å². The van der Waals surface area contributed by atoms with Gasteiger partial charge in [0.1, 0.15) is 0 Å². The Morgan fingerprint density at radius 1 is 0.926 bits per heavy atom. The number of nitrogens with one attached hydrogen (secondary N) is 2. The van der Waals surface area contributed by atoms with Crippen LogP contribution in [0.5, 0.6) is 0 Å². The number of carbonyl (C=O) groups excluding carboxylic acids is 3. The fourth-order valence-electron chi connectivity index (χ4n) is 2.40. The van der Waals surface area contributed by atoms with Crippen molar-refractivity contribution in [3.63, 3.8) is 0 Å².